The van der Waals surface area contributed by atoms with Gasteiger partial charge in [-0.25, -0.2) is 14.4 Å². The molecule has 0 aliphatic heterocycles. The molecule has 0 saturated heterocycles. The second kappa shape index (κ2) is 14.2. The van der Waals surface area contributed by atoms with E-state index in [9.17, 15) is 19.5 Å². The number of rotatable bonds is 12. The minimum atomic E-state index is -1.40. The zero-order valence-electron chi connectivity index (χ0n) is 22.5. The number of aromatic hydroxyl groups is 1. The van der Waals surface area contributed by atoms with E-state index in [1.807, 2.05) is 60.7 Å². The first-order chi connectivity index (χ1) is 18.6. The topological polar surface area (TPSA) is 111 Å². The largest absolute Gasteiger partial charge is 0.507 e. The molecule has 8 nitrogen and oxygen atoms in total. The molecule has 3 aromatic rings. The van der Waals surface area contributed by atoms with Crippen LogP contribution >= 0.6 is 0 Å². The van der Waals surface area contributed by atoms with Crippen LogP contribution in [-0.2, 0) is 38.6 Å². The van der Waals surface area contributed by atoms with Crippen molar-refractivity contribution in [2.24, 2.45) is 0 Å². The summed E-state index contributed by atoms with van der Waals surface area (Å²) in [7, 11) is -1.40. The van der Waals surface area contributed by atoms with Gasteiger partial charge in [-0.3, -0.25) is 0 Å². The fourth-order valence-electron chi connectivity index (χ4n) is 3.57. The number of nitrogens with one attached hydrogen (secondary N) is 1. The van der Waals surface area contributed by atoms with Crippen LogP contribution in [0.5, 0.6) is 5.75 Å². The fraction of sp³-hybridized carbons (Fsp3) is 0.300. The van der Waals surface area contributed by atoms with Gasteiger partial charge in [-0.15, -0.1) is 0 Å². The molecule has 0 fully saturated rings. The summed E-state index contributed by atoms with van der Waals surface area (Å²) in [6.07, 6.45) is -0.783. The lowest BCUT2D eigenvalue weighted by molar-refractivity contribution is -0.147. The average molecular weight is 550 g/mol. The maximum absolute atomic E-state index is 13.0. The molecule has 1 amide bonds. The number of hydrogen-bond acceptors (Lipinski definition) is 7. The number of phenolic OH excluding ortho intramolecular Hbond substituents is 1. The Morgan fingerprint density at radius 3 is 1.97 bits per heavy atom. The van der Waals surface area contributed by atoms with E-state index in [0.717, 1.165) is 17.2 Å². The molecule has 0 unspecified atom stereocenters. The normalized spacial score (nSPS) is 11.8. The van der Waals surface area contributed by atoms with E-state index in [1.54, 1.807) is 6.07 Å². The summed E-state index contributed by atoms with van der Waals surface area (Å²) in [6.45, 7) is 6.85. The molecule has 3 rings (SSSR count). The first kappa shape index (κ1) is 29.4. The molecular formula is C30H35NO7Si. The lowest BCUT2D eigenvalue weighted by Gasteiger charge is -2.19. The minimum Gasteiger partial charge on any atom is -0.507 e. The standard InChI is InChI=1S/C30H35NO7Si/c1-39(2,3)17-16-36-28(33)25-18-24(14-15-27(25)32)19-26(29(34)37-20-22-10-6-4-7-11-22)31-30(35)38-21-23-12-8-5-9-13-23/h4-15,18,26,32H,16-17,19-21H2,1-3H3,(H,31,35)/t26-/m0/s1. The van der Waals surface area contributed by atoms with Crippen molar-refractivity contribution in [1.82, 2.24) is 5.32 Å². The van der Waals surface area contributed by atoms with Gasteiger partial charge in [-0.1, -0.05) is 86.4 Å². The Balaban J connectivity index is 1.70. The van der Waals surface area contributed by atoms with Crippen molar-refractivity contribution < 1.29 is 33.7 Å². The molecule has 0 heterocycles. The molecule has 0 aromatic heterocycles. The van der Waals surface area contributed by atoms with Crippen molar-refractivity contribution in [3.63, 3.8) is 0 Å². The molecule has 0 saturated carbocycles. The summed E-state index contributed by atoms with van der Waals surface area (Å²) in [5.41, 5.74) is 2.11. The van der Waals surface area contributed by atoms with Gasteiger partial charge in [0.25, 0.3) is 0 Å². The molecule has 0 bridgehead atoms. The van der Waals surface area contributed by atoms with Crippen LogP contribution in [-0.4, -0.2) is 43.9 Å². The van der Waals surface area contributed by atoms with Crippen molar-refractivity contribution in [3.8, 4) is 5.75 Å². The first-order valence-corrected chi connectivity index (χ1v) is 16.5. The Bertz CT molecular complexity index is 1240. The number of amides is 1. The number of alkyl carbamates (subject to hydrolysis) is 1. The van der Waals surface area contributed by atoms with E-state index < -0.39 is 32.1 Å². The summed E-state index contributed by atoms with van der Waals surface area (Å²) in [4.78, 5) is 38.2. The van der Waals surface area contributed by atoms with Crippen LogP contribution in [0.4, 0.5) is 4.79 Å². The van der Waals surface area contributed by atoms with E-state index >= 15 is 0 Å². The number of carbonyl (C=O) groups excluding carboxylic acids is 3. The predicted molar refractivity (Wildman–Crippen MR) is 150 cm³/mol. The van der Waals surface area contributed by atoms with Crippen LogP contribution < -0.4 is 5.32 Å². The van der Waals surface area contributed by atoms with E-state index in [2.05, 4.69) is 25.0 Å². The Morgan fingerprint density at radius 1 is 0.795 bits per heavy atom. The van der Waals surface area contributed by atoms with Crippen LogP contribution in [0.3, 0.4) is 0 Å². The molecule has 0 radical (unpaired) electrons. The number of esters is 2. The molecule has 0 aliphatic rings. The Hall–Kier alpha value is -4.11. The average Bonchev–Trinajstić information content (AvgIpc) is 2.91. The molecular weight excluding hydrogens is 514 g/mol. The van der Waals surface area contributed by atoms with Gasteiger partial charge in [0.05, 0.1) is 6.61 Å². The number of carbonyl (C=O) groups is 3. The van der Waals surface area contributed by atoms with Gasteiger partial charge in [-0.2, -0.15) is 0 Å². The van der Waals surface area contributed by atoms with Gasteiger partial charge in [0.1, 0.15) is 30.6 Å². The van der Waals surface area contributed by atoms with Crippen LogP contribution in [0.25, 0.3) is 0 Å². The zero-order chi connectivity index (χ0) is 28.3. The van der Waals surface area contributed by atoms with Crippen LogP contribution in [0.1, 0.15) is 27.0 Å². The lowest BCUT2D eigenvalue weighted by atomic mass is 10.0. The third-order valence-corrected chi connectivity index (χ3v) is 7.52. The highest BCUT2D eigenvalue weighted by Crippen LogP contribution is 2.21. The third-order valence-electron chi connectivity index (χ3n) is 5.82. The molecule has 2 N–H and O–H groups in total. The van der Waals surface area contributed by atoms with E-state index in [1.165, 1.54) is 12.1 Å². The second-order valence-electron chi connectivity index (χ2n) is 10.4. The molecule has 9 heteroatoms. The number of phenols is 1. The highest BCUT2D eigenvalue weighted by molar-refractivity contribution is 6.76. The first-order valence-electron chi connectivity index (χ1n) is 12.8. The molecule has 3 aromatic carbocycles. The van der Waals surface area contributed by atoms with E-state index in [-0.39, 0.29) is 37.6 Å². The van der Waals surface area contributed by atoms with Crippen molar-refractivity contribution in [1.29, 1.82) is 0 Å². The summed E-state index contributed by atoms with van der Waals surface area (Å²) in [5.74, 6) is -1.54. The van der Waals surface area contributed by atoms with Gasteiger partial charge in [0.15, 0.2) is 0 Å². The summed E-state index contributed by atoms with van der Waals surface area (Å²) in [6, 6.07) is 22.4. The number of hydrogen-bond donors (Lipinski definition) is 2. The van der Waals surface area contributed by atoms with Gasteiger partial charge in [0, 0.05) is 14.5 Å². The molecule has 0 aliphatic carbocycles. The summed E-state index contributed by atoms with van der Waals surface area (Å²) in [5, 5.41) is 12.8. The van der Waals surface area contributed by atoms with Gasteiger partial charge >= 0.3 is 18.0 Å². The third kappa shape index (κ3) is 10.3. The fourth-order valence-corrected chi connectivity index (χ4v) is 4.28. The number of ether oxygens (including phenoxy) is 3. The smallest absolute Gasteiger partial charge is 0.408 e. The molecule has 206 valence electrons. The Morgan fingerprint density at radius 2 is 1.38 bits per heavy atom. The van der Waals surface area contributed by atoms with Crippen molar-refractivity contribution >= 4 is 26.1 Å². The Labute approximate surface area is 229 Å². The highest BCUT2D eigenvalue weighted by atomic mass is 28.3. The summed E-state index contributed by atoms with van der Waals surface area (Å²) >= 11 is 0. The zero-order valence-corrected chi connectivity index (χ0v) is 23.5. The lowest BCUT2D eigenvalue weighted by Crippen LogP contribution is -2.43. The van der Waals surface area contributed by atoms with E-state index in [4.69, 9.17) is 14.2 Å². The van der Waals surface area contributed by atoms with E-state index in [0.29, 0.717) is 5.56 Å². The maximum Gasteiger partial charge on any atom is 0.408 e. The second-order valence-corrected chi connectivity index (χ2v) is 16.0. The van der Waals surface area contributed by atoms with Crippen molar-refractivity contribution in [2.45, 2.75) is 51.4 Å². The maximum atomic E-state index is 13.0. The predicted octanol–water partition coefficient (Wildman–Crippen LogP) is 5.47. The van der Waals surface area contributed by atoms with Crippen LogP contribution in [0.2, 0.25) is 25.7 Å². The minimum absolute atomic E-state index is 0.00350. The quantitative estimate of drug-likeness (QED) is 0.175. The molecule has 0 spiro atoms. The van der Waals surface area contributed by atoms with Crippen molar-refractivity contribution in [2.75, 3.05) is 6.61 Å². The highest BCUT2D eigenvalue weighted by Gasteiger charge is 2.25. The van der Waals surface area contributed by atoms with Gasteiger partial charge in [-0.05, 0) is 34.9 Å². The van der Waals surface area contributed by atoms with Crippen LogP contribution in [0.15, 0.2) is 78.9 Å². The monoisotopic (exact) mass is 549 g/mol. The van der Waals surface area contributed by atoms with Gasteiger partial charge in [0.2, 0.25) is 0 Å². The summed E-state index contributed by atoms with van der Waals surface area (Å²) < 4.78 is 16.1. The molecule has 1 atom stereocenters. The van der Waals surface area contributed by atoms with Gasteiger partial charge < -0.3 is 24.6 Å². The molecule has 39 heavy (non-hydrogen) atoms. The SMILES string of the molecule is C[Si](C)(C)CCOC(=O)c1cc(C[C@H](NC(=O)OCc2ccccc2)C(=O)OCc2ccccc2)ccc1O. The Kier molecular flexibility index (Phi) is 10.7. The van der Waals surface area contributed by atoms with Crippen molar-refractivity contribution in [3.05, 3.63) is 101 Å². The number of benzene rings is 3. The van der Waals surface area contributed by atoms with Crippen LogP contribution in [0, 0.1) is 0 Å².